The van der Waals surface area contributed by atoms with Crippen LogP contribution in [0.25, 0.3) is 0 Å². The molecule has 2 aromatic rings. The van der Waals surface area contributed by atoms with Crippen LogP contribution in [0.2, 0.25) is 5.02 Å². The Kier molecular flexibility index (Phi) is 5.31. The smallest absolute Gasteiger partial charge is 0.356 e. The quantitative estimate of drug-likeness (QED) is 0.504. The molecule has 0 fully saturated rings. The Bertz CT molecular complexity index is 726. The minimum atomic E-state index is -4.49. The van der Waals surface area contributed by atoms with Gasteiger partial charge in [0.25, 0.3) is 0 Å². The SMILES string of the molecule is CC/C(=N\Oc1ccccc1C)c1cc(Cl)ccc1C(F)(F)F. The lowest BCUT2D eigenvalue weighted by molar-refractivity contribution is -0.137. The number of aryl methyl sites for hydroxylation is 1. The molecule has 2 nitrogen and oxygen atoms in total. The average molecular weight is 342 g/mol. The first-order chi connectivity index (χ1) is 10.8. The molecular formula is C17H15ClF3NO. The summed E-state index contributed by atoms with van der Waals surface area (Å²) in [4.78, 5) is 5.33. The molecule has 2 aromatic carbocycles. The lowest BCUT2D eigenvalue weighted by Gasteiger charge is -2.14. The second-order valence-electron chi connectivity index (χ2n) is 4.94. The van der Waals surface area contributed by atoms with Gasteiger partial charge in [0, 0.05) is 10.6 Å². The van der Waals surface area contributed by atoms with E-state index in [1.807, 2.05) is 19.1 Å². The first-order valence-electron chi connectivity index (χ1n) is 6.99. The lowest BCUT2D eigenvalue weighted by Crippen LogP contribution is -2.14. The maximum Gasteiger partial charge on any atom is 0.417 e. The minimum absolute atomic E-state index is 0.0684. The molecule has 0 aliphatic heterocycles. The summed E-state index contributed by atoms with van der Waals surface area (Å²) in [7, 11) is 0. The molecule has 122 valence electrons. The normalized spacial score (nSPS) is 12.3. The summed E-state index contributed by atoms with van der Waals surface area (Å²) in [6.45, 7) is 3.54. The van der Waals surface area contributed by atoms with Gasteiger partial charge >= 0.3 is 6.18 Å². The summed E-state index contributed by atoms with van der Waals surface area (Å²) < 4.78 is 39.5. The zero-order valence-electron chi connectivity index (χ0n) is 12.6. The van der Waals surface area contributed by atoms with Gasteiger partial charge < -0.3 is 4.84 Å². The highest BCUT2D eigenvalue weighted by molar-refractivity contribution is 6.31. The Balaban J connectivity index is 2.43. The molecule has 0 atom stereocenters. The van der Waals surface area contributed by atoms with Gasteiger partial charge in [-0.05, 0) is 43.2 Å². The first-order valence-corrected chi connectivity index (χ1v) is 7.37. The van der Waals surface area contributed by atoms with Crippen molar-refractivity contribution in [2.24, 2.45) is 5.16 Å². The van der Waals surface area contributed by atoms with Gasteiger partial charge in [-0.1, -0.05) is 41.9 Å². The standard InChI is InChI=1S/C17H15ClF3NO/c1-3-15(22-23-16-7-5-4-6-11(16)2)13-10-12(18)8-9-14(13)17(19,20)21/h4-10H,3H2,1-2H3/b22-15+. The maximum atomic E-state index is 13.2. The van der Waals surface area contributed by atoms with Gasteiger partial charge in [-0.3, -0.25) is 0 Å². The van der Waals surface area contributed by atoms with E-state index in [4.69, 9.17) is 16.4 Å². The molecule has 0 aliphatic rings. The second kappa shape index (κ2) is 7.04. The fourth-order valence-corrected chi connectivity index (χ4v) is 2.24. The molecule has 6 heteroatoms. The topological polar surface area (TPSA) is 21.6 Å². The summed E-state index contributed by atoms with van der Waals surface area (Å²) in [6.07, 6.45) is -4.21. The van der Waals surface area contributed by atoms with Crippen LogP contribution >= 0.6 is 11.6 Å². The van der Waals surface area contributed by atoms with Crippen LogP contribution in [0.4, 0.5) is 13.2 Å². The number of nitrogens with zero attached hydrogens (tertiary/aromatic N) is 1. The fraction of sp³-hybridized carbons (Fsp3) is 0.235. The monoisotopic (exact) mass is 341 g/mol. The summed E-state index contributed by atoms with van der Waals surface area (Å²) in [5.74, 6) is 0.494. The van der Waals surface area contributed by atoms with E-state index in [9.17, 15) is 13.2 Å². The maximum absolute atomic E-state index is 13.2. The number of hydrogen-bond acceptors (Lipinski definition) is 2. The van der Waals surface area contributed by atoms with Gasteiger partial charge in [0.2, 0.25) is 0 Å². The van der Waals surface area contributed by atoms with Crippen LogP contribution in [0, 0.1) is 6.92 Å². The number of halogens is 4. The number of oxime groups is 1. The van der Waals surface area contributed by atoms with Crippen molar-refractivity contribution in [1.82, 2.24) is 0 Å². The Hall–Kier alpha value is -2.01. The molecule has 23 heavy (non-hydrogen) atoms. The highest BCUT2D eigenvalue weighted by atomic mass is 35.5. The molecular weight excluding hydrogens is 327 g/mol. The zero-order chi connectivity index (χ0) is 17.0. The molecule has 0 bridgehead atoms. The van der Waals surface area contributed by atoms with Crippen LogP contribution in [-0.2, 0) is 6.18 Å². The summed E-state index contributed by atoms with van der Waals surface area (Å²) >= 11 is 5.85. The van der Waals surface area contributed by atoms with Crippen molar-refractivity contribution in [1.29, 1.82) is 0 Å². The van der Waals surface area contributed by atoms with Gasteiger partial charge in [-0.15, -0.1) is 0 Å². The third kappa shape index (κ3) is 4.26. The van der Waals surface area contributed by atoms with Crippen LogP contribution in [0.5, 0.6) is 5.75 Å². The molecule has 0 amide bonds. The molecule has 0 saturated carbocycles. The molecule has 2 rings (SSSR count). The number of hydrogen-bond donors (Lipinski definition) is 0. The van der Waals surface area contributed by atoms with E-state index in [-0.39, 0.29) is 22.7 Å². The summed E-state index contributed by atoms with van der Waals surface area (Å²) in [5, 5.41) is 4.13. The number of benzene rings is 2. The molecule has 0 heterocycles. The summed E-state index contributed by atoms with van der Waals surface area (Å²) in [5.41, 5.74) is 0.175. The number of rotatable bonds is 4. The van der Waals surface area contributed by atoms with Crippen LogP contribution in [-0.4, -0.2) is 5.71 Å². The van der Waals surface area contributed by atoms with Crippen molar-refractivity contribution in [3.05, 3.63) is 64.2 Å². The van der Waals surface area contributed by atoms with E-state index in [1.54, 1.807) is 19.1 Å². The Morgan fingerprint density at radius 3 is 2.48 bits per heavy atom. The van der Waals surface area contributed by atoms with E-state index in [0.29, 0.717) is 5.75 Å². The Labute approximate surface area is 137 Å². The van der Waals surface area contributed by atoms with E-state index in [2.05, 4.69) is 5.16 Å². The van der Waals surface area contributed by atoms with Gasteiger partial charge in [0.1, 0.15) is 0 Å². The van der Waals surface area contributed by atoms with E-state index >= 15 is 0 Å². The average Bonchev–Trinajstić information content (AvgIpc) is 2.48. The van der Waals surface area contributed by atoms with Crippen LogP contribution in [0.3, 0.4) is 0 Å². The van der Waals surface area contributed by atoms with E-state index in [0.717, 1.165) is 11.6 Å². The van der Waals surface area contributed by atoms with Crippen molar-refractivity contribution >= 4 is 17.3 Å². The number of alkyl halides is 3. The first kappa shape index (κ1) is 17.3. The molecule has 0 radical (unpaired) electrons. The molecule has 0 N–H and O–H groups in total. The Morgan fingerprint density at radius 2 is 1.87 bits per heavy atom. The van der Waals surface area contributed by atoms with Crippen molar-refractivity contribution in [3.63, 3.8) is 0 Å². The highest BCUT2D eigenvalue weighted by Crippen LogP contribution is 2.34. The predicted octanol–water partition coefficient (Wildman–Crippen LogP) is 5.86. The van der Waals surface area contributed by atoms with Crippen LogP contribution in [0.1, 0.15) is 30.0 Å². The largest absolute Gasteiger partial charge is 0.417 e. The molecule has 0 aliphatic carbocycles. The van der Waals surface area contributed by atoms with E-state index in [1.165, 1.54) is 12.1 Å². The van der Waals surface area contributed by atoms with Crippen molar-refractivity contribution < 1.29 is 18.0 Å². The van der Waals surface area contributed by atoms with Crippen molar-refractivity contribution in [2.75, 3.05) is 0 Å². The molecule has 0 aromatic heterocycles. The number of para-hydroxylation sites is 1. The lowest BCUT2D eigenvalue weighted by atomic mass is 10.0. The summed E-state index contributed by atoms with van der Waals surface area (Å²) in [6, 6.07) is 10.6. The fourth-order valence-electron chi connectivity index (χ4n) is 2.07. The van der Waals surface area contributed by atoms with Gasteiger partial charge in [-0.25, -0.2) is 0 Å². The van der Waals surface area contributed by atoms with Gasteiger partial charge in [0.05, 0.1) is 11.3 Å². The van der Waals surface area contributed by atoms with E-state index < -0.39 is 11.7 Å². The van der Waals surface area contributed by atoms with Crippen molar-refractivity contribution in [2.45, 2.75) is 26.4 Å². The third-order valence-electron chi connectivity index (χ3n) is 3.28. The second-order valence-corrected chi connectivity index (χ2v) is 5.37. The van der Waals surface area contributed by atoms with Crippen LogP contribution < -0.4 is 4.84 Å². The van der Waals surface area contributed by atoms with Gasteiger partial charge in [-0.2, -0.15) is 13.2 Å². The molecule has 0 spiro atoms. The van der Waals surface area contributed by atoms with Crippen molar-refractivity contribution in [3.8, 4) is 5.75 Å². The van der Waals surface area contributed by atoms with Crippen LogP contribution in [0.15, 0.2) is 47.6 Å². The molecule has 0 unspecified atom stereocenters. The predicted molar refractivity (Wildman–Crippen MR) is 85.1 cm³/mol. The van der Waals surface area contributed by atoms with Gasteiger partial charge in [0.15, 0.2) is 5.75 Å². The third-order valence-corrected chi connectivity index (χ3v) is 3.52. The minimum Gasteiger partial charge on any atom is -0.356 e. The highest BCUT2D eigenvalue weighted by Gasteiger charge is 2.34. The zero-order valence-corrected chi connectivity index (χ0v) is 13.4. The molecule has 0 saturated heterocycles. The Morgan fingerprint density at radius 1 is 1.17 bits per heavy atom.